The van der Waals surface area contributed by atoms with Crippen molar-refractivity contribution in [1.29, 1.82) is 0 Å². The first-order chi connectivity index (χ1) is 15.5. The van der Waals surface area contributed by atoms with E-state index in [2.05, 4.69) is 5.16 Å². The van der Waals surface area contributed by atoms with Gasteiger partial charge in [0.05, 0.1) is 31.5 Å². The van der Waals surface area contributed by atoms with Gasteiger partial charge in [-0.05, 0) is 63.1 Å². The molecule has 1 aliphatic rings. The average molecular weight is 437 g/mol. The summed E-state index contributed by atoms with van der Waals surface area (Å²) in [5.41, 5.74) is 3.40. The number of hydrogen-bond donors (Lipinski definition) is 0. The number of ether oxygens (including phenoxy) is 3. The minimum absolute atomic E-state index is 0.00245. The highest BCUT2D eigenvalue weighted by Crippen LogP contribution is 2.39. The summed E-state index contributed by atoms with van der Waals surface area (Å²) in [6.07, 6.45) is 1.84. The maximum absolute atomic E-state index is 13.3. The van der Waals surface area contributed by atoms with Gasteiger partial charge in [0, 0.05) is 23.7 Å². The van der Waals surface area contributed by atoms with Gasteiger partial charge in [0.1, 0.15) is 29.6 Å². The Morgan fingerprint density at radius 3 is 2.50 bits per heavy atom. The Morgan fingerprint density at radius 1 is 1.09 bits per heavy atom. The van der Waals surface area contributed by atoms with E-state index in [1.807, 2.05) is 61.2 Å². The number of likely N-dealkylation sites (tertiary alicyclic amines) is 1. The monoisotopic (exact) mass is 436 g/mol. The molecule has 0 saturated carbocycles. The number of benzene rings is 2. The summed E-state index contributed by atoms with van der Waals surface area (Å²) < 4.78 is 21.9. The van der Waals surface area contributed by atoms with Gasteiger partial charge in [0.15, 0.2) is 0 Å². The Balaban J connectivity index is 1.47. The molecule has 0 spiro atoms. The van der Waals surface area contributed by atoms with Crippen LogP contribution in [-0.4, -0.2) is 36.7 Å². The van der Waals surface area contributed by atoms with Gasteiger partial charge in [-0.25, -0.2) is 0 Å². The molecule has 0 aliphatic carbocycles. The topological polar surface area (TPSA) is 74.0 Å². The molecular weight excluding hydrogens is 408 g/mol. The number of rotatable bonds is 7. The summed E-state index contributed by atoms with van der Waals surface area (Å²) in [4.78, 5) is 15.2. The predicted molar refractivity (Wildman–Crippen MR) is 119 cm³/mol. The van der Waals surface area contributed by atoms with Gasteiger partial charge in [-0.3, -0.25) is 4.79 Å². The highest BCUT2D eigenvalue weighted by atomic mass is 16.5. The molecule has 32 heavy (non-hydrogen) atoms. The molecule has 0 bridgehead atoms. The lowest BCUT2D eigenvalue weighted by molar-refractivity contribution is 0.0734. The highest BCUT2D eigenvalue weighted by molar-refractivity contribution is 5.94. The van der Waals surface area contributed by atoms with Crippen molar-refractivity contribution in [2.45, 2.75) is 39.3 Å². The zero-order chi connectivity index (χ0) is 22.7. The molecule has 0 N–H and O–H groups in total. The Labute approximate surface area is 187 Å². The molecule has 7 nitrogen and oxygen atoms in total. The fourth-order valence-corrected chi connectivity index (χ4v) is 4.15. The van der Waals surface area contributed by atoms with Gasteiger partial charge in [-0.15, -0.1) is 0 Å². The second-order valence-electron chi connectivity index (χ2n) is 7.88. The third-order valence-electron chi connectivity index (χ3n) is 5.98. The highest BCUT2D eigenvalue weighted by Gasteiger charge is 2.32. The SMILES string of the molecule is COc1ccc(C2CCCN2C(=O)c2ccc(OCc3c(C)noc3C)cc2)c(OC)c1. The van der Waals surface area contributed by atoms with Crippen LogP contribution in [-0.2, 0) is 6.61 Å². The zero-order valence-electron chi connectivity index (χ0n) is 18.9. The summed E-state index contributed by atoms with van der Waals surface area (Å²) in [5, 5.41) is 3.94. The van der Waals surface area contributed by atoms with E-state index in [-0.39, 0.29) is 11.9 Å². The largest absolute Gasteiger partial charge is 0.497 e. The van der Waals surface area contributed by atoms with Crippen molar-refractivity contribution in [2.24, 2.45) is 0 Å². The second kappa shape index (κ2) is 9.34. The van der Waals surface area contributed by atoms with Crippen LogP contribution >= 0.6 is 0 Å². The Morgan fingerprint density at radius 2 is 1.84 bits per heavy atom. The van der Waals surface area contributed by atoms with Crippen LogP contribution in [0.5, 0.6) is 17.2 Å². The molecular formula is C25H28N2O5. The van der Waals surface area contributed by atoms with Crippen molar-refractivity contribution >= 4 is 5.91 Å². The van der Waals surface area contributed by atoms with E-state index >= 15 is 0 Å². The van der Waals surface area contributed by atoms with E-state index in [9.17, 15) is 4.79 Å². The number of amides is 1. The summed E-state index contributed by atoms with van der Waals surface area (Å²) in [6, 6.07) is 13.0. The van der Waals surface area contributed by atoms with Crippen LogP contribution < -0.4 is 14.2 Å². The van der Waals surface area contributed by atoms with Crippen molar-refractivity contribution in [2.75, 3.05) is 20.8 Å². The first kappa shape index (κ1) is 21.7. The van der Waals surface area contributed by atoms with Gasteiger partial charge in [0.25, 0.3) is 5.91 Å². The average Bonchev–Trinajstić information content (AvgIpc) is 3.43. The number of methoxy groups -OCH3 is 2. The molecule has 1 fully saturated rings. The van der Waals surface area contributed by atoms with E-state index in [0.717, 1.165) is 46.9 Å². The maximum Gasteiger partial charge on any atom is 0.254 e. The molecule has 7 heteroatoms. The van der Waals surface area contributed by atoms with Gasteiger partial charge in [-0.1, -0.05) is 5.16 Å². The molecule has 4 rings (SSSR count). The van der Waals surface area contributed by atoms with Crippen LogP contribution in [0.3, 0.4) is 0 Å². The summed E-state index contributed by atoms with van der Waals surface area (Å²) in [6.45, 7) is 4.84. The number of carbonyl (C=O) groups is 1. The van der Waals surface area contributed by atoms with E-state index in [1.54, 1.807) is 14.2 Å². The molecule has 1 aliphatic heterocycles. The minimum atomic E-state index is -0.0289. The quantitative estimate of drug-likeness (QED) is 0.526. The summed E-state index contributed by atoms with van der Waals surface area (Å²) >= 11 is 0. The fraction of sp³-hybridized carbons (Fsp3) is 0.360. The van der Waals surface area contributed by atoms with Crippen LogP contribution in [0.15, 0.2) is 47.0 Å². The molecule has 1 amide bonds. The smallest absolute Gasteiger partial charge is 0.254 e. The van der Waals surface area contributed by atoms with Crippen LogP contribution in [0, 0.1) is 13.8 Å². The molecule has 3 aromatic rings. The van der Waals surface area contributed by atoms with Crippen LogP contribution in [0.1, 0.15) is 51.8 Å². The van der Waals surface area contributed by atoms with Crippen LogP contribution in [0.2, 0.25) is 0 Å². The Kier molecular flexibility index (Phi) is 6.35. The molecule has 1 saturated heterocycles. The number of nitrogens with zero attached hydrogens (tertiary/aromatic N) is 2. The van der Waals surface area contributed by atoms with Crippen molar-refractivity contribution in [3.8, 4) is 17.2 Å². The van der Waals surface area contributed by atoms with Crippen molar-refractivity contribution in [3.63, 3.8) is 0 Å². The first-order valence-corrected chi connectivity index (χ1v) is 10.7. The van der Waals surface area contributed by atoms with Crippen LogP contribution in [0.4, 0.5) is 0 Å². The molecule has 168 valence electrons. The number of hydrogen-bond acceptors (Lipinski definition) is 6. The number of aryl methyl sites for hydroxylation is 2. The van der Waals surface area contributed by atoms with Gasteiger partial charge >= 0.3 is 0 Å². The lowest BCUT2D eigenvalue weighted by atomic mass is 10.0. The zero-order valence-corrected chi connectivity index (χ0v) is 18.9. The predicted octanol–water partition coefficient (Wildman–Crippen LogP) is 4.86. The first-order valence-electron chi connectivity index (χ1n) is 10.7. The molecule has 1 aromatic heterocycles. The minimum Gasteiger partial charge on any atom is -0.497 e. The molecule has 1 unspecified atom stereocenters. The summed E-state index contributed by atoms with van der Waals surface area (Å²) in [5.74, 6) is 2.91. The lowest BCUT2D eigenvalue weighted by Gasteiger charge is -2.26. The third-order valence-corrected chi connectivity index (χ3v) is 5.98. The normalized spacial score (nSPS) is 15.6. The fourth-order valence-electron chi connectivity index (χ4n) is 4.15. The Hall–Kier alpha value is -3.48. The van der Waals surface area contributed by atoms with Crippen molar-refractivity contribution in [3.05, 3.63) is 70.6 Å². The van der Waals surface area contributed by atoms with Gasteiger partial charge in [-0.2, -0.15) is 0 Å². The third kappa shape index (κ3) is 4.28. The standard InChI is InChI=1S/C25H28N2O5/c1-16-22(17(2)32-26-16)15-31-19-9-7-18(8-10-19)25(28)27-13-5-6-23(27)21-12-11-20(29-3)14-24(21)30-4/h7-12,14,23H,5-6,13,15H2,1-4H3. The maximum atomic E-state index is 13.3. The number of carbonyl (C=O) groups excluding carboxylic acids is 1. The summed E-state index contributed by atoms with van der Waals surface area (Å²) in [7, 11) is 3.27. The van der Waals surface area contributed by atoms with Crippen LogP contribution in [0.25, 0.3) is 0 Å². The molecule has 2 aromatic carbocycles. The van der Waals surface area contributed by atoms with Crippen molar-refractivity contribution < 1.29 is 23.5 Å². The van der Waals surface area contributed by atoms with Crippen molar-refractivity contribution in [1.82, 2.24) is 10.1 Å². The number of aromatic nitrogens is 1. The van der Waals surface area contributed by atoms with E-state index < -0.39 is 0 Å². The van der Waals surface area contributed by atoms with Gasteiger partial charge in [0.2, 0.25) is 0 Å². The van der Waals surface area contributed by atoms with Gasteiger partial charge < -0.3 is 23.6 Å². The second-order valence-corrected chi connectivity index (χ2v) is 7.88. The molecule has 0 radical (unpaired) electrons. The van der Waals surface area contributed by atoms with E-state index in [4.69, 9.17) is 18.7 Å². The lowest BCUT2D eigenvalue weighted by Crippen LogP contribution is -2.30. The van der Waals surface area contributed by atoms with E-state index in [1.165, 1.54) is 0 Å². The van der Waals surface area contributed by atoms with E-state index in [0.29, 0.717) is 24.5 Å². The Bertz CT molecular complexity index is 1070. The molecule has 2 heterocycles. The molecule has 1 atom stereocenters.